The van der Waals surface area contributed by atoms with Crippen molar-refractivity contribution < 1.29 is 5.11 Å². The molecule has 1 unspecified atom stereocenters. The summed E-state index contributed by atoms with van der Waals surface area (Å²) in [6, 6.07) is 42.0. The highest BCUT2D eigenvalue weighted by Crippen LogP contribution is 2.48. The van der Waals surface area contributed by atoms with Gasteiger partial charge in [-0.25, -0.2) is 0 Å². The second-order valence-corrected chi connectivity index (χ2v) is 10.5. The lowest BCUT2D eigenvalue weighted by Gasteiger charge is -2.34. The van der Waals surface area contributed by atoms with Crippen LogP contribution >= 0.6 is 15.9 Å². The van der Waals surface area contributed by atoms with E-state index < -0.39 is 5.60 Å². The fourth-order valence-electron chi connectivity index (χ4n) is 5.88. The zero-order valence-electron chi connectivity index (χ0n) is 20.0. The molecule has 1 aliphatic carbocycles. The van der Waals surface area contributed by atoms with Crippen LogP contribution in [-0.4, -0.2) is 5.11 Å². The fraction of sp³-hybridized carbons (Fsp3) is 0.0286. The summed E-state index contributed by atoms with van der Waals surface area (Å²) in [5, 5.41) is 17.8. The molecule has 1 N–H and O–H groups in total. The van der Waals surface area contributed by atoms with Crippen molar-refractivity contribution in [3.8, 4) is 11.1 Å². The van der Waals surface area contributed by atoms with Crippen LogP contribution in [-0.2, 0) is 5.60 Å². The van der Waals surface area contributed by atoms with Gasteiger partial charge in [0.15, 0.2) is 0 Å². The maximum Gasteiger partial charge on any atom is 0.142 e. The van der Waals surface area contributed by atoms with Crippen molar-refractivity contribution in [1.82, 2.24) is 0 Å². The maximum absolute atomic E-state index is 13.0. The average molecular weight is 539 g/mol. The highest BCUT2D eigenvalue weighted by Gasteiger charge is 2.40. The first-order valence-corrected chi connectivity index (χ1v) is 13.2. The van der Waals surface area contributed by atoms with Gasteiger partial charge < -0.3 is 5.11 Å². The number of rotatable bonds is 2. The van der Waals surface area contributed by atoms with E-state index in [1.54, 1.807) is 0 Å². The van der Waals surface area contributed by atoms with Gasteiger partial charge in [0.05, 0.1) is 0 Å². The largest absolute Gasteiger partial charge is 0.376 e. The smallest absolute Gasteiger partial charge is 0.142 e. The second kappa shape index (κ2) is 8.55. The molecule has 0 radical (unpaired) electrons. The highest BCUT2D eigenvalue weighted by atomic mass is 79.9. The zero-order valence-corrected chi connectivity index (χ0v) is 21.6. The Hall–Kier alpha value is -3.98. The van der Waals surface area contributed by atoms with Crippen LogP contribution in [0.15, 0.2) is 126 Å². The Kier molecular flexibility index (Phi) is 5.14. The van der Waals surface area contributed by atoms with Crippen LogP contribution in [0.3, 0.4) is 0 Å². The molecule has 2 heteroatoms. The number of aliphatic hydroxyl groups is 1. The molecule has 7 rings (SSSR count). The van der Waals surface area contributed by atoms with Gasteiger partial charge in [-0.15, -0.1) is 0 Å². The Labute approximate surface area is 224 Å². The van der Waals surface area contributed by atoms with Gasteiger partial charge in [-0.3, -0.25) is 0 Å². The third kappa shape index (κ3) is 3.41. The molecule has 0 heterocycles. The van der Waals surface area contributed by atoms with Crippen LogP contribution in [0.1, 0.15) is 27.8 Å². The summed E-state index contributed by atoms with van der Waals surface area (Å²) in [7, 11) is 0. The van der Waals surface area contributed by atoms with Crippen LogP contribution < -0.4 is 0 Å². The number of hydrogen-bond donors (Lipinski definition) is 1. The van der Waals surface area contributed by atoms with E-state index >= 15 is 0 Å². The molecule has 0 saturated heterocycles. The number of hydrogen-bond acceptors (Lipinski definition) is 1. The number of halogens is 1. The van der Waals surface area contributed by atoms with Crippen LogP contribution in [0.5, 0.6) is 0 Å². The molecule has 176 valence electrons. The normalized spacial score (nSPS) is 16.4. The van der Waals surface area contributed by atoms with E-state index in [4.69, 9.17) is 0 Å². The lowest BCUT2D eigenvalue weighted by molar-refractivity contribution is 0.126. The number of benzene rings is 6. The molecule has 37 heavy (non-hydrogen) atoms. The SMILES string of the molecule is OC1(c2ccccc2-c2cc3ccccc3c3ccccc23)c2ccccc2C=Cc2ccc(Br)cc21. The molecule has 0 saturated carbocycles. The molecule has 0 spiro atoms. The van der Waals surface area contributed by atoms with Gasteiger partial charge in [-0.2, -0.15) is 0 Å². The summed E-state index contributed by atoms with van der Waals surface area (Å²) in [6.07, 6.45) is 4.21. The van der Waals surface area contributed by atoms with E-state index in [0.717, 1.165) is 43.4 Å². The summed E-state index contributed by atoms with van der Waals surface area (Å²) in [5.74, 6) is 0. The minimum absolute atomic E-state index is 0.862. The molecule has 0 aromatic heterocycles. The van der Waals surface area contributed by atoms with Gasteiger partial charge in [-0.1, -0.05) is 131 Å². The van der Waals surface area contributed by atoms with E-state index in [2.05, 4.69) is 119 Å². The minimum Gasteiger partial charge on any atom is -0.376 e. The summed E-state index contributed by atoms with van der Waals surface area (Å²) in [5.41, 5.74) is 5.39. The first-order valence-electron chi connectivity index (χ1n) is 12.4. The molecule has 0 bridgehead atoms. The summed E-state index contributed by atoms with van der Waals surface area (Å²) >= 11 is 3.67. The third-order valence-corrected chi connectivity index (χ3v) is 8.07. The lowest BCUT2D eigenvalue weighted by atomic mass is 9.75. The van der Waals surface area contributed by atoms with E-state index in [9.17, 15) is 5.11 Å². The summed E-state index contributed by atoms with van der Waals surface area (Å²) in [4.78, 5) is 0. The monoisotopic (exact) mass is 538 g/mol. The Morgan fingerprint density at radius 2 is 1.11 bits per heavy atom. The van der Waals surface area contributed by atoms with E-state index in [1.807, 2.05) is 30.3 Å². The molecule has 6 aromatic carbocycles. The quantitative estimate of drug-likeness (QED) is 0.218. The lowest BCUT2D eigenvalue weighted by Crippen LogP contribution is -2.31. The van der Waals surface area contributed by atoms with Gasteiger partial charge in [0, 0.05) is 15.6 Å². The van der Waals surface area contributed by atoms with Crippen molar-refractivity contribution in [2.24, 2.45) is 0 Å². The van der Waals surface area contributed by atoms with E-state index in [1.165, 1.54) is 21.5 Å². The molecular formula is C35H23BrO. The first-order chi connectivity index (χ1) is 18.1. The van der Waals surface area contributed by atoms with Crippen molar-refractivity contribution in [2.75, 3.05) is 0 Å². The van der Waals surface area contributed by atoms with Gasteiger partial charge in [0.2, 0.25) is 0 Å². The topological polar surface area (TPSA) is 20.2 Å². The van der Waals surface area contributed by atoms with Gasteiger partial charge in [-0.05, 0) is 67.6 Å². The van der Waals surface area contributed by atoms with Crippen molar-refractivity contribution in [3.05, 3.63) is 154 Å². The van der Waals surface area contributed by atoms with Crippen LogP contribution in [0.25, 0.3) is 44.8 Å². The van der Waals surface area contributed by atoms with Crippen molar-refractivity contribution in [1.29, 1.82) is 0 Å². The summed E-state index contributed by atoms with van der Waals surface area (Å²) in [6.45, 7) is 0. The minimum atomic E-state index is -1.36. The molecule has 1 aliphatic rings. The Bertz CT molecular complexity index is 1870. The van der Waals surface area contributed by atoms with Crippen LogP contribution in [0, 0.1) is 0 Å². The van der Waals surface area contributed by atoms with E-state index in [0.29, 0.717) is 0 Å². The van der Waals surface area contributed by atoms with Crippen molar-refractivity contribution in [3.63, 3.8) is 0 Å². The predicted octanol–water partition coefficient (Wildman–Crippen LogP) is 9.19. The highest BCUT2D eigenvalue weighted by molar-refractivity contribution is 9.10. The summed E-state index contributed by atoms with van der Waals surface area (Å²) < 4.78 is 0.936. The predicted molar refractivity (Wildman–Crippen MR) is 159 cm³/mol. The van der Waals surface area contributed by atoms with Gasteiger partial charge >= 0.3 is 0 Å². The molecule has 0 fully saturated rings. The fourth-order valence-corrected chi connectivity index (χ4v) is 6.25. The van der Waals surface area contributed by atoms with Crippen molar-refractivity contribution in [2.45, 2.75) is 5.60 Å². The molecule has 6 aromatic rings. The molecule has 1 atom stereocenters. The maximum atomic E-state index is 13.0. The first kappa shape index (κ1) is 22.2. The Morgan fingerprint density at radius 3 is 1.95 bits per heavy atom. The molecule has 0 amide bonds. The second-order valence-electron chi connectivity index (χ2n) is 9.60. The molecular weight excluding hydrogens is 516 g/mol. The Morgan fingerprint density at radius 1 is 0.486 bits per heavy atom. The van der Waals surface area contributed by atoms with Gasteiger partial charge in [0.1, 0.15) is 5.60 Å². The zero-order chi connectivity index (χ0) is 25.0. The van der Waals surface area contributed by atoms with Crippen LogP contribution in [0.4, 0.5) is 0 Å². The Balaban J connectivity index is 1.61. The number of fused-ring (bicyclic) bond motifs is 5. The van der Waals surface area contributed by atoms with Crippen LogP contribution in [0.2, 0.25) is 0 Å². The third-order valence-electron chi connectivity index (χ3n) is 7.57. The van der Waals surface area contributed by atoms with E-state index in [-0.39, 0.29) is 0 Å². The average Bonchev–Trinajstić information content (AvgIpc) is 3.07. The molecule has 1 nitrogen and oxygen atoms in total. The van der Waals surface area contributed by atoms with Crippen molar-refractivity contribution >= 4 is 49.6 Å². The standard InChI is InChI=1S/C35H23BrO/c36-26-20-19-24-18-17-23-9-2-7-15-32(23)35(37,34(24)22-26)33-16-8-6-14-30(33)31-21-25-10-1-3-11-27(25)28-12-4-5-13-29(28)31/h1-22,37H. The molecule has 0 aliphatic heterocycles. The van der Waals surface area contributed by atoms with Gasteiger partial charge in [0.25, 0.3) is 0 Å².